The summed E-state index contributed by atoms with van der Waals surface area (Å²) in [5.41, 5.74) is 1.48. The van der Waals surface area contributed by atoms with Crippen LogP contribution in [0.4, 0.5) is 10.5 Å². The molecule has 0 radical (unpaired) electrons. The average molecular weight is 377 g/mol. The number of aromatic nitrogens is 1. The maximum absolute atomic E-state index is 12.7. The molecule has 1 heterocycles. The van der Waals surface area contributed by atoms with Crippen LogP contribution in [0.2, 0.25) is 0 Å². The molecule has 0 aliphatic heterocycles. The number of pyridine rings is 1. The quantitative estimate of drug-likeness (QED) is 0.701. The van der Waals surface area contributed by atoms with Crippen LogP contribution >= 0.6 is 0 Å². The number of rotatable bonds is 4. The summed E-state index contributed by atoms with van der Waals surface area (Å²) in [7, 11) is 0. The monoisotopic (exact) mass is 377 g/mol. The van der Waals surface area contributed by atoms with Crippen molar-refractivity contribution in [1.29, 1.82) is 0 Å². The number of nitrogens with zero attached hydrogens (tertiary/aromatic N) is 1. The smallest absolute Gasteiger partial charge is 0.407 e. The molecule has 0 spiro atoms. The molecule has 0 aliphatic carbocycles. The van der Waals surface area contributed by atoms with Crippen LogP contribution in [0.5, 0.6) is 0 Å². The minimum Gasteiger partial charge on any atom is -0.444 e. The van der Waals surface area contributed by atoms with E-state index >= 15 is 0 Å². The van der Waals surface area contributed by atoms with Crippen molar-refractivity contribution in [2.75, 3.05) is 5.32 Å². The summed E-state index contributed by atoms with van der Waals surface area (Å²) >= 11 is 0. The van der Waals surface area contributed by atoms with Crippen molar-refractivity contribution in [2.24, 2.45) is 0 Å². The summed E-state index contributed by atoms with van der Waals surface area (Å²) in [6.45, 7) is 5.69. The van der Waals surface area contributed by atoms with Crippen LogP contribution in [0, 0.1) is 0 Å². The van der Waals surface area contributed by atoms with Crippen LogP contribution in [-0.2, 0) is 11.3 Å². The number of amides is 2. The van der Waals surface area contributed by atoms with Crippen LogP contribution in [0.25, 0.3) is 10.8 Å². The minimum absolute atomic E-state index is 0.219. The molecule has 1 aromatic heterocycles. The van der Waals surface area contributed by atoms with Crippen molar-refractivity contribution in [3.63, 3.8) is 0 Å². The highest BCUT2D eigenvalue weighted by Crippen LogP contribution is 2.23. The SMILES string of the molecule is CC(C)(C)OC(=O)NCc1cccc(C(=O)Nc2cccc3cnccc23)c1. The van der Waals surface area contributed by atoms with E-state index in [9.17, 15) is 9.59 Å². The minimum atomic E-state index is -0.556. The molecule has 3 rings (SSSR count). The van der Waals surface area contributed by atoms with E-state index in [1.54, 1.807) is 51.4 Å². The predicted octanol–water partition coefficient (Wildman–Crippen LogP) is 4.51. The highest BCUT2D eigenvalue weighted by atomic mass is 16.6. The molecule has 0 atom stereocenters. The number of ether oxygens (including phenoxy) is 1. The number of hydrogen-bond donors (Lipinski definition) is 2. The number of alkyl carbamates (subject to hydrolysis) is 1. The summed E-state index contributed by atoms with van der Waals surface area (Å²) in [6.07, 6.45) is 2.96. The average Bonchev–Trinajstić information content (AvgIpc) is 2.65. The van der Waals surface area contributed by atoms with Gasteiger partial charge in [-0.3, -0.25) is 9.78 Å². The number of fused-ring (bicyclic) bond motifs is 1. The molecule has 3 aromatic rings. The molecule has 0 bridgehead atoms. The topological polar surface area (TPSA) is 80.3 Å². The van der Waals surface area contributed by atoms with Crippen LogP contribution in [0.3, 0.4) is 0 Å². The number of carbonyl (C=O) groups excluding carboxylic acids is 2. The zero-order valence-electron chi connectivity index (χ0n) is 16.2. The van der Waals surface area contributed by atoms with Crippen molar-refractivity contribution in [1.82, 2.24) is 10.3 Å². The number of hydrogen-bond acceptors (Lipinski definition) is 4. The Morgan fingerprint density at radius 2 is 1.86 bits per heavy atom. The lowest BCUT2D eigenvalue weighted by atomic mass is 10.1. The molecule has 6 heteroatoms. The van der Waals surface area contributed by atoms with E-state index in [-0.39, 0.29) is 12.5 Å². The normalized spacial score (nSPS) is 11.1. The highest BCUT2D eigenvalue weighted by Gasteiger charge is 2.16. The second-order valence-electron chi connectivity index (χ2n) is 7.41. The van der Waals surface area contributed by atoms with Crippen molar-refractivity contribution >= 4 is 28.5 Å². The van der Waals surface area contributed by atoms with Gasteiger partial charge in [0.05, 0.1) is 0 Å². The zero-order chi connectivity index (χ0) is 20.1. The van der Waals surface area contributed by atoms with Gasteiger partial charge in [0.15, 0.2) is 0 Å². The maximum Gasteiger partial charge on any atom is 0.407 e. The second-order valence-corrected chi connectivity index (χ2v) is 7.41. The molecule has 2 N–H and O–H groups in total. The Balaban J connectivity index is 1.69. The lowest BCUT2D eigenvalue weighted by molar-refractivity contribution is 0.0523. The Morgan fingerprint density at radius 1 is 1.07 bits per heavy atom. The predicted molar refractivity (Wildman–Crippen MR) is 109 cm³/mol. The first-order valence-electron chi connectivity index (χ1n) is 9.02. The Labute approximate surface area is 163 Å². The fraction of sp³-hybridized carbons (Fsp3) is 0.227. The van der Waals surface area contributed by atoms with E-state index in [0.717, 1.165) is 22.0 Å². The highest BCUT2D eigenvalue weighted by molar-refractivity contribution is 6.09. The van der Waals surface area contributed by atoms with Gasteiger partial charge in [0.2, 0.25) is 0 Å². The summed E-state index contributed by atoms with van der Waals surface area (Å²) in [6, 6.07) is 14.7. The first-order valence-corrected chi connectivity index (χ1v) is 9.02. The summed E-state index contributed by atoms with van der Waals surface area (Å²) in [4.78, 5) is 28.6. The third kappa shape index (κ3) is 5.07. The van der Waals surface area contributed by atoms with Gasteiger partial charge in [-0.2, -0.15) is 0 Å². The first kappa shape index (κ1) is 19.4. The van der Waals surface area contributed by atoms with Gasteiger partial charge in [0.25, 0.3) is 5.91 Å². The number of anilines is 1. The van der Waals surface area contributed by atoms with Crippen LogP contribution in [0.15, 0.2) is 60.9 Å². The molecule has 0 unspecified atom stereocenters. The fourth-order valence-corrected chi connectivity index (χ4v) is 2.74. The van der Waals surface area contributed by atoms with Gasteiger partial charge in [-0.05, 0) is 50.6 Å². The molecule has 144 valence electrons. The Bertz CT molecular complexity index is 1000. The van der Waals surface area contributed by atoms with Crippen LogP contribution < -0.4 is 10.6 Å². The van der Waals surface area contributed by atoms with E-state index in [4.69, 9.17) is 4.74 Å². The number of nitrogens with one attached hydrogen (secondary N) is 2. The Kier molecular flexibility index (Phi) is 5.59. The summed E-state index contributed by atoms with van der Waals surface area (Å²) in [5, 5.41) is 7.52. The van der Waals surface area contributed by atoms with Crippen LogP contribution in [-0.4, -0.2) is 22.6 Å². The van der Waals surface area contributed by atoms with Gasteiger partial charge in [-0.1, -0.05) is 24.3 Å². The fourth-order valence-electron chi connectivity index (χ4n) is 2.74. The molecule has 0 fully saturated rings. The number of benzene rings is 2. The third-order valence-electron chi connectivity index (χ3n) is 3.95. The largest absolute Gasteiger partial charge is 0.444 e. The van der Waals surface area contributed by atoms with Crippen LogP contribution in [0.1, 0.15) is 36.7 Å². The van der Waals surface area contributed by atoms with Gasteiger partial charge in [0.1, 0.15) is 5.60 Å². The molecular weight excluding hydrogens is 354 g/mol. The standard InChI is InChI=1S/C22H23N3O3/c1-22(2,3)28-21(27)24-13-15-6-4-7-16(12-15)20(26)25-19-9-5-8-17-14-23-11-10-18(17)19/h4-12,14H,13H2,1-3H3,(H,24,27)(H,25,26). The van der Waals surface area contributed by atoms with Crippen molar-refractivity contribution in [3.8, 4) is 0 Å². The first-order chi connectivity index (χ1) is 13.3. The lowest BCUT2D eigenvalue weighted by Gasteiger charge is -2.19. The Morgan fingerprint density at radius 3 is 2.64 bits per heavy atom. The molecule has 2 aromatic carbocycles. The maximum atomic E-state index is 12.7. The van der Waals surface area contributed by atoms with E-state index < -0.39 is 11.7 Å². The molecule has 2 amide bonds. The van der Waals surface area contributed by atoms with Gasteiger partial charge >= 0.3 is 6.09 Å². The van der Waals surface area contributed by atoms with E-state index in [2.05, 4.69) is 15.6 Å². The molecule has 0 aliphatic rings. The number of carbonyl (C=O) groups is 2. The van der Waals surface area contributed by atoms with Gasteiger partial charge < -0.3 is 15.4 Å². The molecule has 6 nitrogen and oxygen atoms in total. The van der Waals surface area contributed by atoms with E-state index in [1.165, 1.54) is 0 Å². The molecule has 0 saturated carbocycles. The second kappa shape index (κ2) is 8.08. The zero-order valence-corrected chi connectivity index (χ0v) is 16.2. The lowest BCUT2D eigenvalue weighted by Crippen LogP contribution is -2.32. The summed E-state index contributed by atoms with van der Waals surface area (Å²) in [5.74, 6) is -0.219. The van der Waals surface area contributed by atoms with E-state index in [1.807, 2.05) is 30.3 Å². The molecule has 0 saturated heterocycles. The third-order valence-corrected chi connectivity index (χ3v) is 3.95. The molecular formula is C22H23N3O3. The van der Waals surface area contributed by atoms with Crippen molar-refractivity contribution in [3.05, 3.63) is 72.1 Å². The Hall–Kier alpha value is -3.41. The van der Waals surface area contributed by atoms with E-state index in [0.29, 0.717) is 5.56 Å². The van der Waals surface area contributed by atoms with Gasteiger partial charge in [-0.15, -0.1) is 0 Å². The molecule has 28 heavy (non-hydrogen) atoms. The van der Waals surface area contributed by atoms with Crippen molar-refractivity contribution in [2.45, 2.75) is 32.9 Å². The van der Waals surface area contributed by atoms with Crippen molar-refractivity contribution < 1.29 is 14.3 Å². The van der Waals surface area contributed by atoms with Gasteiger partial charge in [-0.25, -0.2) is 4.79 Å². The van der Waals surface area contributed by atoms with Gasteiger partial charge in [0, 0.05) is 41.0 Å². The summed E-state index contributed by atoms with van der Waals surface area (Å²) < 4.78 is 5.22.